The van der Waals surface area contributed by atoms with Crippen molar-refractivity contribution >= 4 is 34.7 Å². The predicted octanol–water partition coefficient (Wildman–Crippen LogP) is 5.79. The number of carbonyl (C=O) groups is 2. The van der Waals surface area contributed by atoms with Crippen LogP contribution in [0.2, 0.25) is 0 Å². The standard InChI is InChI=1S/C30H37N5O4/c1-21(2)15-26-27(36)13-5-3-4-6-14-38-24-11-7-9-22(16-24)33-28-18-29(32-20-31-28)34-23-10-8-12-25(17-23)39-19-30(37)35-26/h7-12,16-18,20-21,26H,3-6,13-15,19H2,1-2H3,(H,35,37)(H2,31,32,33,34). The van der Waals surface area contributed by atoms with Crippen LogP contribution in [0.1, 0.15) is 52.4 Å². The average molecular weight is 532 g/mol. The van der Waals surface area contributed by atoms with Crippen LogP contribution in [0.5, 0.6) is 11.5 Å². The maximum absolute atomic E-state index is 12.9. The number of rotatable bonds is 2. The van der Waals surface area contributed by atoms with Gasteiger partial charge in [0.05, 0.1) is 12.6 Å². The van der Waals surface area contributed by atoms with Crippen molar-refractivity contribution in [2.45, 2.75) is 58.4 Å². The number of ketones is 1. The third-order valence-electron chi connectivity index (χ3n) is 6.27. The molecular weight excluding hydrogens is 494 g/mol. The second-order valence-electron chi connectivity index (χ2n) is 10.1. The van der Waals surface area contributed by atoms with Crippen LogP contribution < -0.4 is 25.4 Å². The number of ether oxygens (including phenoxy) is 2. The van der Waals surface area contributed by atoms with E-state index < -0.39 is 6.04 Å². The lowest BCUT2D eigenvalue weighted by atomic mass is 9.97. The quantitative estimate of drug-likeness (QED) is 0.381. The Morgan fingerprint density at radius 2 is 1.49 bits per heavy atom. The van der Waals surface area contributed by atoms with Crippen LogP contribution in [-0.2, 0) is 9.59 Å². The highest BCUT2D eigenvalue weighted by Crippen LogP contribution is 2.24. The van der Waals surface area contributed by atoms with Crippen LogP contribution in [0.4, 0.5) is 23.0 Å². The van der Waals surface area contributed by atoms with Crippen LogP contribution in [-0.4, -0.2) is 40.9 Å². The van der Waals surface area contributed by atoms with E-state index in [-0.39, 0.29) is 24.2 Å². The highest BCUT2D eigenvalue weighted by molar-refractivity contribution is 5.89. The summed E-state index contributed by atoms with van der Waals surface area (Å²) in [5, 5.41) is 9.43. The highest BCUT2D eigenvalue weighted by atomic mass is 16.5. The van der Waals surface area contributed by atoms with E-state index in [0.29, 0.717) is 36.8 Å². The molecule has 4 rings (SSSR count). The third-order valence-corrected chi connectivity index (χ3v) is 6.27. The van der Waals surface area contributed by atoms with Gasteiger partial charge in [0.15, 0.2) is 12.4 Å². The molecule has 3 N–H and O–H groups in total. The number of nitrogens with zero attached hydrogens (tertiary/aromatic N) is 2. The summed E-state index contributed by atoms with van der Waals surface area (Å²) in [7, 11) is 0. The Balaban J connectivity index is 1.50. The molecule has 9 nitrogen and oxygen atoms in total. The first-order valence-corrected chi connectivity index (χ1v) is 13.6. The van der Waals surface area contributed by atoms with Crippen LogP contribution in [0.3, 0.4) is 0 Å². The van der Waals surface area contributed by atoms with Gasteiger partial charge in [-0.25, -0.2) is 9.97 Å². The van der Waals surface area contributed by atoms with Crippen molar-refractivity contribution in [2.24, 2.45) is 5.92 Å². The Hall–Kier alpha value is -4.14. The van der Waals surface area contributed by atoms with Gasteiger partial charge < -0.3 is 25.4 Å². The van der Waals surface area contributed by atoms with Crippen molar-refractivity contribution in [1.29, 1.82) is 0 Å². The van der Waals surface area contributed by atoms with E-state index in [0.717, 1.165) is 42.8 Å². The number of hydrogen-bond donors (Lipinski definition) is 3. The van der Waals surface area contributed by atoms with Gasteiger partial charge in [-0.05, 0) is 49.4 Å². The van der Waals surface area contributed by atoms with Gasteiger partial charge in [0.25, 0.3) is 5.91 Å². The third kappa shape index (κ3) is 9.28. The van der Waals surface area contributed by atoms with Crippen LogP contribution in [0, 0.1) is 5.92 Å². The Kier molecular flexibility index (Phi) is 10.1. The summed E-state index contributed by atoms with van der Waals surface area (Å²) in [6.45, 7) is 4.52. The summed E-state index contributed by atoms with van der Waals surface area (Å²) >= 11 is 0. The van der Waals surface area contributed by atoms with E-state index in [9.17, 15) is 9.59 Å². The van der Waals surface area contributed by atoms with E-state index in [4.69, 9.17) is 9.47 Å². The summed E-state index contributed by atoms with van der Waals surface area (Å²) in [5.41, 5.74) is 1.60. The molecular formula is C30H37N5O4. The van der Waals surface area contributed by atoms with Gasteiger partial charge in [-0.1, -0.05) is 38.8 Å². The Bertz CT molecular complexity index is 1250. The fourth-order valence-electron chi connectivity index (χ4n) is 4.36. The van der Waals surface area contributed by atoms with Crippen molar-refractivity contribution in [3.05, 3.63) is 60.9 Å². The van der Waals surface area contributed by atoms with Gasteiger partial charge in [0.2, 0.25) is 0 Å². The molecule has 0 fully saturated rings. The minimum atomic E-state index is -0.504. The number of Topliss-reactive ketones (excluding diaryl/α,β-unsaturated/α-hetero) is 1. The predicted molar refractivity (Wildman–Crippen MR) is 152 cm³/mol. The van der Waals surface area contributed by atoms with Gasteiger partial charge in [0.1, 0.15) is 29.5 Å². The molecule has 2 heterocycles. The number of amides is 1. The molecule has 0 radical (unpaired) electrons. The summed E-state index contributed by atoms with van der Waals surface area (Å²) < 4.78 is 11.7. The number of benzene rings is 2. The van der Waals surface area contributed by atoms with Gasteiger partial charge in [-0.15, -0.1) is 0 Å². The lowest BCUT2D eigenvalue weighted by Crippen LogP contribution is -2.43. The SMILES string of the molecule is CC(C)CC1NC(=O)COc2cccc(c2)Nc2cc(ncn2)Nc2cccc(c2)OCCCCCCC1=O. The zero-order valence-electron chi connectivity index (χ0n) is 22.6. The minimum Gasteiger partial charge on any atom is -0.494 e. The molecule has 1 atom stereocenters. The van der Waals surface area contributed by atoms with E-state index >= 15 is 0 Å². The first-order chi connectivity index (χ1) is 18.9. The molecule has 39 heavy (non-hydrogen) atoms. The molecule has 0 saturated heterocycles. The Morgan fingerprint density at radius 3 is 2.15 bits per heavy atom. The van der Waals surface area contributed by atoms with E-state index in [1.54, 1.807) is 18.2 Å². The van der Waals surface area contributed by atoms with Gasteiger partial charge in [-0.2, -0.15) is 0 Å². The molecule has 1 aliphatic rings. The molecule has 6 bridgehead atoms. The lowest BCUT2D eigenvalue weighted by Gasteiger charge is -2.20. The summed E-state index contributed by atoms with van der Waals surface area (Å²) in [5.74, 6) is 2.58. The van der Waals surface area contributed by atoms with Crippen molar-refractivity contribution in [3.8, 4) is 11.5 Å². The molecule has 2 aromatic carbocycles. The molecule has 1 unspecified atom stereocenters. The molecule has 0 aliphatic carbocycles. The smallest absolute Gasteiger partial charge is 0.258 e. The number of nitrogens with one attached hydrogen (secondary N) is 3. The van der Waals surface area contributed by atoms with Gasteiger partial charge >= 0.3 is 0 Å². The largest absolute Gasteiger partial charge is 0.494 e. The number of anilines is 4. The first kappa shape index (κ1) is 27.9. The maximum Gasteiger partial charge on any atom is 0.258 e. The summed E-state index contributed by atoms with van der Waals surface area (Å²) in [4.78, 5) is 34.2. The maximum atomic E-state index is 12.9. The minimum absolute atomic E-state index is 0.0717. The van der Waals surface area contributed by atoms with E-state index in [1.165, 1.54) is 6.33 Å². The molecule has 0 saturated carbocycles. The molecule has 1 amide bonds. The number of aromatic nitrogens is 2. The Morgan fingerprint density at radius 1 is 0.846 bits per heavy atom. The van der Waals surface area contributed by atoms with E-state index in [1.807, 2.05) is 50.2 Å². The Labute approximate surface area is 229 Å². The lowest BCUT2D eigenvalue weighted by molar-refractivity contribution is -0.129. The van der Waals surface area contributed by atoms with Crippen molar-refractivity contribution < 1.29 is 19.1 Å². The number of carbonyl (C=O) groups excluding carboxylic acids is 2. The molecule has 1 aromatic heterocycles. The van der Waals surface area contributed by atoms with Crippen molar-refractivity contribution in [3.63, 3.8) is 0 Å². The molecule has 0 spiro atoms. The topological polar surface area (TPSA) is 114 Å². The average Bonchev–Trinajstić information content (AvgIpc) is 2.91. The molecule has 9 heteroatoms. The second kappa shape index (κ2) is 14.1. The molecule has 1 aliphatic heterocycles. The zero-order valence-corrected chi connectivity index (χ0v) is 22.6. The van der Waals surface area contributed by atoms with Crippen LogP contribution in [0.15, 0.2) is 60.9 Å². The van der Waals surface area contributed by atoms with Crippen LogP contribution in [0.25, 0.3) is 0 Å². The zero-order chi connectivity index (χ0) is 27.5. The van der Waals surface area contributed by atoms with Gasteiger partial charge in [-0.3, -0.25) is 9.59 Å². The van der Waals surface area contributed by atoms with Crippen molar-refractivity contribution in [2.75, 3.05) is 23.8 Å². The molecule has 3 aromatic rings. The highest BCUT2D eigenvalue weighted by Gasteiger charge is 2.21. The summed E-state index contributed by atoms with van der Waals surface area (Å²) in [6, 6.07) is 16.3. The second-order valence-corrected chi connectivity index (χ2v) is 10.1. The normalized spacial score (nSPS) is 17.5. The fraction of sp³-hybridized carbons (Fsp3) is 0.400. The number of hydrogen-bond acceptors (Lipinski definition) is 8. The number of fused-ring (bicyclic) bond motifs is 6. The van der Waals surface area contributed by atoms with Crippen molar-refractivity contribution in [1.82, 2.24) is 15.3 Å². The summed E-state index contributed by atoms with van der Waals surface area (Å²) in [6.07, 6.45) is 6.12. The van der Waals surface area contributed by atoms with Gasteiger partial charge in [0, 0.05) is 36.0 Å². The first-order valence-electron chi connectivity index (χ1n) is 13.6. The molecule has 206 valence electrons. The fourth-order valence-corrected chi connectivity index (χ4v) is 4.36. The van der Waals surface area contributed by atoms with Crippen LogP contribution >= 0.6 is 0 Å². The van der Waals surface area contributed by atoms with E-state index in [2.05, 4.69) is 25.9 Å². The monoisotopic (exact) mass is 531 g/mol.